The second-order valence-corrected chi connectivity index (χ2v) is 8.52. The largest absolute Gasteiger partial charge is 0.491 e. The van der Waals surface area contributed by atoms with E-state index in [9.17, 15) is 14.4 Å². The summed E-state index contributed by atoms with van der Waals surface area (Å²) in [6.45, 7) is 7.05. The summed E-state index contributed by atoms with van der Waals surface area (Å²) in [5.41, 5.74) is 5.32. The molecule has 0 atom stereocenters. The van der Waals surface area contributed by atoms with Crippen molar-refractivity contribution in [1.29, 1.82) is 0 Å². The van der Waals surface area contributed by atoms with E-state index in [4.69, 9.17) is 4.74 Å². The molecule has 2 aromatic rings. The molecule has 0 saturated carbocycles. The van der Waals surface area contributed by atoms with Crippen molar-refractivity contribution in [3.8, 4) is 5.75 Å². The number of piperidine rings is 1. The van der Waals surface area contributed by atoms with Crippen LogP contribution in [0.25, 0.3) is 0 Å². The first-order valence-corrected chi connectivity index (χ1v) is 11.5. The number of hydrogen-bond acceptors (Lipinski definition) is 7. The molecular weight excluding hydrogens is 432 g/mol. The quantitative estimate of drug-likeness (QED) is 0.640. The number of benzene rings is 1. The molecule has 0 radical (unpaired) electrons. The lowest BCUT2D eigenvalue weighted by Crippen LogP contribution is -2.42. The predicted octanol–water partition coefficient (Wildman–Crippen LogP) is 3.34. The molecule has 3 amide bonds. The van der Waals surface area contributed by atoms with Crippen LogP contribution in [-0.4, -0.2) is 53.6 Å². The van der Waals surface area contributed by atoms with Crippen LogP contribution in [0.4, 0.5) is 4.79 Å². The number of likely N-dealkylation sites (tertiary alicyclic amines) is 1. The van der Waals surface area contributed by atoms with E-state index in [1.54, 1.807) is 24.4 Å². The lowest BCUT2D eigenvalue weighted by atomic mass is 9.97. The zero-order valence-electron chi connectivity index (χ0n) is 18.4. The second kappa shape index (κ2) is 10.9. The van der Waals surface area contributed by atoms with Crippen LogP contribution >= 0.6 is 11.3 Å². The highest BCUT2D eigenvalue weighted by atomic mass is 32.1. The normalized spacial score (nSPS) is 14.2. The number of nitrogens with zero attached hydrogens (tertiary/aromatic N) is 2. The molecule has 1 aliphatic heterocycles. The summed E-state index contributed by atoms with van der Waals surface area (Å²) >= 11 is 1.41. The highest BCUT2D eigenvalue weighted by Crippen LogP contribution is 2.31. The van der Waals surface area contributed by atoms with Crippen LogP contribution in [0.15, 0.2) is 29.6 Å². The van der Waals surface area contributed by atoms with Gasteiger partial charge in [0.1, 0.15) is 11.4 Å². The lowest BCUT2D eigenvalue weighted by Gasteiger charge is -2.31. The van der Waals surface area contributed by atoms with Crippen molar-refractivity contribution in [2.75, 3.05) is 19.7 Å². The Hall–Kier alpha value is -3.14. The minimum Gasteiger partial charge on any atom is -0.491 e. The summed E-state index contributed by atoms with van der Waals surface area (Å²) in [5.74, 6) is 0.434. The van der Waals surface area contributed by atoms with Gasteiger partial charge in [-0.3, -0.25) is 15.0 Å². The van der Waals surface area contributed by atoms with Gasteiger partial charge in [-0.2, -0.15) is 0 Å². The van der Waals surface area contributed by atoms with Crippen molar-refractivity contribution >= 4 is 29.2 Å². The van der Waals surface area contributed by atoms with Crippen molar-refractivity contribution in [3.63, 3.8) is 0 Å². The molecule has 0 spiro atoms. The SMILES string of the molecule is CCOC(=O)NNC(=O)c1csc(C2CCN(C(=O)c3ccc(OC(C)C)cc3)CC2)n1. The molecule has 1 fully saturated rings. The molecule has 10 heteroatoms. The average molecular weight is 461 g/mol. The van der Waals surface area contributed by atoms with E-state index in [0.717, 1.165) is 23.6 Å². The van der Waals surface area contributed by atoms with Crippen molar-refractivity contribution in [2.45, 2.75) is 45.6 Å². The van der Waals surface area contributed by atoms with Crippen LogP contribution in [0, 0.1) is 0 Å². The van der Waals surface area contributed by atoms with Crippen molar-refractivity contribution in [1.82, 2.24) is 20.7 Å². The molecule has 0 unspecified atom stereocenters. The molecule has 1 saturated heterocycles. The Morgan fingerprint density at radius 1 is 1.16 bits per heavy atom. The first kappa shape index (κ1) is 23.5. The molecule has 2 heterocycles. The van der Waals surface area contributed by atoms with E-state index < -0.39 is 12.0 Å². The van der Waals surface area contributed by atoms with E-state index in [0.29, 0.717) is 18.7 Å². The third-order valence-electron chi connectivity index (χ3n) is 4.91. The summed E-state index contributed by atoms with van der Waals surface area (Å²) in [4.78, 5) is 42.5. The molecule has 2 N–H and O–H groups in total. The summed E-state index contributed by atoms with van der Waals surface area (Å²) in [5, 5.41) is 2.52. The van der Waals surface area contributed by atoms with Gasteiger partial charge in [0.05, 0.1) is 17.7 Å². The number of carbonyl (C=O) groups is 3. The first-order chi connectivity index (χ1) is 15.4. The summed E-state index contributed by atoms with van der Waals surface area (Å²) in [7, 11) is 0. The summed E-state index contributed by atoms with van der Waals surface area (Å²) in [6, 6.07) is 7.22. The Morgan fingerprint density at radius 3 is 2.47 bits per heavy atom. The lowest BCUT2D eigenvalue weighted by molar-refractivity contribution is 0.0713. The molecule has 1 aliphatic rings. The van der Waals surface area contributed by atoms with Crippen LogP contribution in [0.3, 0.4) is 0 Å². The molecule has 0 bridgehead atoms. The van der Waals surface area contributed by atoms with Crippen LogP contribution in [0.1, 0.15) is 65.4 Å². The monoisotopic (exact) mass is 460 g/mol. The fraction of sp³-hybridized carbons (Fsp3) is 0.455. The second-order valence-electron chi connectivity index (χ2n) is 7.63. The van der Waals surface area contributed by atoms with Crippen LogP contribution in [0.2, 0.25) is 0 Å². The molecule has 9 nitrogen and oxygen atoms in total. The first-order valence-electron chi connectivity index (χ1n) is 10.6. The van der Waals surface area contributed by atoms with Gasteiger partial charge in [0, 0.05) is 30.0 Å². The molecule has 1 aromatic carbocycles. The predicted molar refractivity (Wildman–Crippen MR) is 120 cm³/mol. The third-order valence-corrected chi connectivity index (χ3v) is 5.92. The van der Waals surface area contributed by atoms with Crippen molar-refractivity contribution in [2.24, 2.45) is 0 Å². The standard InChI is InChI=1S/C22H28N4O5S/c1-4-30-22(29)25-24-19(27)18-13-32-20(23-18)15-9-11-26(12-10-15)21(28)16-5-7-17(8-6-16)31-14(2)3/h5-8,13-15H,4,9-12H2,1-3H3,(H,24,27)(H,25,29). The van der Waals surface area contributed by atoms with Gasteiger partial charge in [0.25, 0.3) is 11.8 Å². The fourth-order valence-corrected chi connectivity index (χ4v) is 4.35. The Morgan fingerprint density at radius 2 is 1.84 bits per heavy atom. The average Bonchev–Trinajstić information content (AvgIpc) is 3.28. The van der Waals surface area contributed by atoms with E-state index in [-0.39, 0.29) is 30.2 Å². The number of rotatable bonds is 6. The van der Waals surface area contributed by atoms with E-state index >= 15 is 0 Å². The Balaban J connectivity index is 1.51. The zero-order valence-corrected chi connectivity index (χ0v) is 19.2. The van der Waals surface area contributed by atoms with Gasteiger partial charge < -0.3 is 14.4 Å². The number of nitrogens with one attached hydrogen (secondary N) is 2. The van der Waals surface area contributed by atoms with Gasteiger partial charge in [-0.25, -0.2) is 15.2 Å². The number of ether oxygens (including phenoxy) is 2. The topological polar surface area (TPSA) is 110 Å². The maximum atomic E-state index is 12.8. The van der Waals surface area contributed by atoms with Crippen LogP contribution in [0.5, 0.6) is 5.75 Å². The minimum absolute atomic E-state index is 0.00351. The van der Waals surface area contributed by atoms with Gasteiger partial charge >= 0.3 is 6.09 Å². The van der Waals surface area contributed by atoms with Gasteiger partial charge in [-0.05, 0) is 57.9 Å². The molecular formula is C22H28N4O5S. The third kappa shape index (κ3) is 6.19. The number of thiazole rings is 1. The number of hydrazine groups is 1. The summed E-state index contributed by atoms with van der Waals surface area (Å²) in [6.07, 6.45) is 0.906. The molecule has 1 aromatic heterocycles. The number of hydrogen-bond donors (Lipinski definition) is 2. The van der Waals surface area contributed by atoms with Crippen molar-refractivity contribution in [3.05, 3.63) is 45.9 Å². The van der Waals surface area contributed by atoms with Crippen LogP contribution < -0.4 is 15.6 Å². The molecule has 3 rings (SSSR count). The van der Waals surface area contributed by atoms with Gasteiger partial charge in [-0.15, -0.1) is 11.3 Å². The van der Waals surface area contributed by atoms with E-state index in [1.807, 2.05) is 30.9 Å². The van der Waals surface area contributed by atoms with Gasteiger partial charge in [-0.1, -0.05) is 0 Å². The van der Waals surface area contributed by atoms with Gasteiger partial charge in [0.2, 0.25) is 0 Å². The maximum Gasteiger partial charge on any atom is 0.426 e. The van der Waals surface area contributed by atoms with Crippen LogP contribution in [-0.2, 0) is 4.74 Å². The minimum atomic E-state index is -0.726. The zero-order chi connectivity index (χ0) is 23.1. The number of carbonyl (C=O) groups excluding carboxylic acids is 3. The van der Waals surface area contributed by atoms with E-state index in [1.165, 1.54) is 11.3 Å². The summed E-state index contributed by atoms with van der Waals surface area (Å²) < 4.78 is 10.3. The Kier molecular flexibility index (Phi) is 8.04. The Labute approximate surface area is 191 Å². The Bertz CT molecular complexity index is 936. The highest BCUT2D eigenvalue weighted by molar-refractivity contribution is 7.09. The highest BCUT2D eigenvalue weighted by Gasteiger charge is 2.27. The number of amides is 3. The fourth-order valence-electron chi connectivity index (χ4n) is 3.38. The smallest absolute Gasteiger partial charge is 0.426 e. The maximum absolute atomic E-state index is 12.8. The molecule has 0 aliphatic carbocycles. The van der Waals surface area contributed by atoms with E-state index in [2.05, 4.69) is 20.6 Å². The van der Waals surface area contributed by atoms with Crippen molar-refractivity contribution < 1.29 is 23.9 Å². The van der Waals surface area contributed by atoms with Gasteiger partial charge in [0.15, 0.2) is 0 Å². The molecule has 32 heavy (non-hydrogen) atoms. The number of aromatic nitrogens is 1. The molecule has 172 valence electrons.